The van der Waals surface area contributed by atoms with Crippen molar-refractivity contribution in [2.75, 3.05) is 24.7 Å². The molecule has 2 aliphatic rings. The highest BCUT2D eigenvalue weighted by molar-refractivity contribution is 7.84. The SMILES string of the molecule is CC(C)OC(=O)[C@H](C)NP(=O)(Cl)Oc1ccc(Cl)cc1.CC(C)OC(=O)[C@H](C)NP(=O)(OC[C@H]1O[C@@H](c2nnc3c(N)ncnn23)[C@](C)(O)[C@@H]1O)Oc1ccc(Cl)cc1.C[C@@]1(O)[C@H](O)[C@@H](CO)O[C@H]1c1nnc2c(N)ncnn12. The summed E-state index contributed by atoms with van der Waals surface area (Å²) in [6, 6.07) is 10.2. The lowest BCUT2D eigenvalue weighted by molar-refractivity contribution is -0.149. The number of hydrogen-bond acceptors (Lipinski definition) is 26. The molecule has 2 aliphatic heterocycles. The van der Waals surface area contributed by atoms with Crippen molar-refractivity contribution in [2.45, 2.75) is 128 Å². The molecule has 6 aromatic rings. The van der Waals surface area contributed by atoms with Crippen LogP contribution in [-0.2, 0) is 42.2 Å². The molecular weight excluding hydrogens is 1150 g/mol. The highest BCUT2D eigenvalue weighted by atomic mass is 35.7. The summed E-state index contributed by atoms with van der Waals surface area (Å²) in [5.41, 5.74) is 8.28. The predicted molar refractivity (Wildman–Crippen MR) is 280 cm³/mol. The number of hydrogen-bond donors (Lipinski definition) is 9. The number of ether oxygens (including phenoxy) is 4. The fourth-order valence-corrected chi connectivity index (χ4v) is 10.8. The van der Waals surface area contributed by atoms with Gasteiger partial charge in [0.05, 0.1) is 25.4 Å². The molecule has 4 aromatic heterocycles. The molecule has 6 heterocycles. The highest BCUT2D eigenvalue weighted by Crippen LogP contribution is 2.50. The molecule has 79 heavy (non-hydrogen) atoms. The summed E-state index contributed by atoms with van der Waals surface area (Å²) in [5.74, 6) is -0.416. The van der Waals surface area contributed by atoms with Crippen LogP contribution in [-0.4, -0.2) is 160 Å². The number of nitrogens with two attached hydrogens (primary N) is 2. The molecule has 0 amide bonds. The maximum atomic E-state index is 13.8. The molecule has 2 saturated heterocycles. The Morgan fingerprint density at radius 2 is 1.10 bits per heavy atom. The zero-order chi connectivity index (χ0) is 58.4. The third-order valence-corrected chi connectivity index (χ3v) is 15.1. The molecule has 12 atom stereocenters. The smallest absolute Gasteiger partial charge is 0.459 e. The average Bonchev–Trinajstić information content (AvgIpc) is 4.30. The van der Waals surface area contributed by atoms with E-state index in [1.54, 1.807) is 39.8 Å². The molecule has 8 rings (SSSR count). The van der Waals surface area contributed by atoms with E-state index in [-0.39, 0.29) is 52.2 Å². The van der Waals surface area contributed by atoms with Crippen LogP contribution in [0.5, 0.6) is 11.5 Å². The van der Waals surface area contributed by atoms with Crippen molar-refractivity contribution in [3.8, 4) is 11.5 Å². The number of nitrogens with zero attached hydrogens (tertiary/aromatic N) is 10. The molecule has 0 bridgehead atoms. The van der Waals surface area contributed by atoms with Crippen LogP contribution in [0.2, 0.25) is 10.0 Å². The number of carbonyl (C=O) groups excluding carboxylic acids is 2. The van der Waals surface area contributed by atoms with Crippen molar-refractivity contribution in [3.05, 3.63) is 82.9 Å². The van der Waals surface area contributed by atoms with E-state index >= 15 is 0 Å². The van der Waals surface area contributed by atoms with E-state index in [9.17, 15) is 39.1 Å². The minimum atomic E-state index is -4.29. The normalized spacial score (nSPS) is 25.1. The molecule has 0 spiro atoms. The van der Waals surface area contributed by atoms with Crippen LogP contribution >= 0.6 is 49.1 Å². The number of carbonyl (C=O) groups is 2. The van der Waals surface area contributed by atoms with Gasteiger partial charge in [-0.3, -0.25) is 14.1 Å². The second-order valence-electron chi connectivity index (χ2n) is 18.5. The maximum absolute atomic E-state index is 13.8. The summed E-state index contributed by atoms with van der Waals surface area (Å²) in [4.78, 5) is 31.6. The van der Waals surface area contributed by atoms with Gasteiger partial charge >= 0.3 is 26.6 Å². The van der Waals surface area contributed by atoms with E-state index in [0.29, 0.717) is 10.0 Å². The lowest BCUT2D eigenvalue weighted by Gasteiger charge is -2.26. The van der Waals surface area contributed by atoms with Crippen molar-refractivity contribution < 1.29 is 76.8 Å². The van der Waals surface area contributed by atoms with E-state index in [1.807, 2.05) is 0 Å². The van der Waals surface area contributed by atoms with Gasteiger partial charge in [0, 0.05) is 21.3 Å². The van der Waals surface area contributed by atoms with Gasteiger partial charge in [-0.25, -0.2) is 24.2 Å². The largest absolute Gasteiger partial charge is 0.462 e. The number of aliphatic hydroxyl groups excluding tert-OH is 3. The van der Waals surface area contributed by atoms with E-state index in [2.05, 4.69) is 50.7 Å². The predicted octanol–water partition coefficient (Wildman–Crippen LogP) is 3.08. The van der Waals surface area contributed by atoms with Gasteiger partial charge < -0.3 is 65.0 Å². The van der Waals surface area contributed by atoms with Crippen LogP contribution in [0.1, 0.15) is 79.2 Å². The van der Waals surface area contributed by atoms with Crippen LogP contribution in [0.4, 0.5) is 11.6 Å². The number of fused-ring (bicyclic) bond motifs is 2. The van der Waals surface area contributed by atoms with Crippen molar-refractivity contribution >= 4 is 83.9 Å². The van der Waals surface area contributed by atoms with Crippen LogP contribution < -0.4 is 30.7 Å². The third kappa shape index (κ3) is 15.5. The molecule has 2 unspecified atom stereocenters. The number of esters is 2. The summed E-state index contributed by atoms with van der Waals surface area (Å²) < 4.78 is 66.1. The summed E-state index contributed by atoms with van der Waals surface area (Å²) in [6.07, 6.45) is -5.41. The van der Waals surface area contributed by atoms with Gasteiger partial charge in [-0.2, -0.15) is 24.3 Å². The number of aliphatic hydroxyl groups is 5. The Bertz CT molecular complexity index is 3150. The van der Waals surface area contributed by atoms with E-state index in [1.165, 1.54) is 85.8 Å². The molecular formula is C44H59Cl3N14O16P2. The van der Waals surface area contributed by atoms with Gasteiger partial charge in [0.1, 0.15) is 71.9 Å². The summed E-state index contributed by atoms with van der Waals surface area (Å²) in [6.45, 7) is 7.77. The number of anilines is 2. The Kier molecular flexibility index (Phi) is 20.6. The first kappa shape index (κ1) is 62.7. The van der Waals surface area contributed by atoms with Crippen molar-refractivity contribution in [3.63, 3.8) is 0 Å². The molecule has 35 heteroatoms. The lowest BCUT2D eigenvalue weighted by atomic mass is 9.92. The van der Waals surface area contributed by atoms with E-state index < -0.39 is 106 Å². The fourth-order valence-electron chi connectivity index (χ4n) is 7.40. The summed E-state index contributed by atoms with van der Waals surface area (Å²) in [7, 11) is -4.29. The van der Waals surface area contributed by atoms with Crippen molar-refractivity contribution in [1.82, 2.24) is 59.8 Å². The van der Waals surface area contributed by atoms with E-state index in [4.69, 9.17) is 83.5 Å². The van der Waals surface area contributed by atoms with Gasteiger partial charge in [-0.05, 0) is 104 Å². The van der Waals surface area contributed by atoms with Gasteiger partial charge in [-0.15, -0.1) is 20.4 Å². The molecule has 2 aromatic carbocycles. The minimum absolute atomic E-state index is 0.0504. The Morgan fingerprint density at radius 1 is 0.696 bits per heavy atom. The summed E-state index contributed by atoms with van der Waals surface area (Å²) >= 11 is 17.4. The molecule has 30 nitrogen and oxygen atoms in total. The van der Waals surface area contributed by atoms with Crippen LogP contribution in [0.3, 0.4) is 0 Å². The molecule has 432 valence electrons. The topological polar surface area (TPSA) is 422 Å². The quantitative estimate of drug-likeness (QED) is 0.0441. The number of rotatable bonds is 18. The number of aromatic nitrogens is 10. The Labute approximate surface area is 465 Å². The van der Waals surface area contributed by atoms with Crippen molar-refractivity contribution in [2.24, 2.45) is 0 Å². The highest BCUT2D eigenvalue weighted by Gasteiger charge is 2.56. The Hall–Kier alpha value is -5.53. The summed E-state index contributed by atoms with van der Waals surface area (Å²) in [5, 5.41) is 81.0. The standard InChI is InChI=1S/C22H29ClN7O8P.C12H16Cl2NO4P.C10H14N6O4/c1-11(2)36-21(32)12(3)29-39(34,38-14-7-5-13(23)6-8-14)35-9-15-16(31)22(4,33)17(37-15)19-27-28-20-18(24)25-10-26-30(19)20;1-8(2)18-12(16)9(3)15-20(14,17)19-11-6-4-10(13)5-7-11;1-10(19)5(18)4(2-17)20-6(10)8-14-15-9-7(11)12-3-13-16(8)9/h5-8,10-12,15-17,31,33H,9H2,1-4H3,(H,29,34)(H2,24,25,26);4-9H,1-3H3,(H,15,17);3-6,17-19H,2H2,1H3,(H2,11,12,13)/t12-,15+,16+,17-,22+,39?;9-,20?;4-,5-,6+,10-/m001/s1. The maximum Gasteiger partial charge on any atom is 0.459 e. The Balaban J connectivity index is 0.000000211. The third-order valence-electron chi connectivity index (χ3n) is 11.3. The number of nitrogens with one attached hydrogen (secondary N) is 2. The Morgan fingerprint density at radius 3 is 1.52 bits per heavy atom. The van der Waals surface area contributed by atoms with Gasteiger partial charge in [0.25, 0.3) is 0 Å². The van der Waals surface area contributed by atoms with Crippen LogP contribution in [0.25, 0.3) is 11.3 Å². The zero-order valence-corrected chi connectivity index (χ0v) is 47.4. The second kappa shape index (κ2) is 25.9. The first-order valence-electron chi connectivity index (χ1n) is 23.7. The number of nitrogen functional groups attached to an aromatic ring is 2. The zero-order valence-electron chi connectivity index (χ0n) is 43.3. The number of halogens is 3. The van der Waals surface area contributed by atoms with Crippen LogP contribution in [0.15, 0.2) is 61.2 Å². The van der Waals surface area contributed by atoms with Gasteiger partial charge in [-0.1, -0.05) is 23.2 Å². The first-order valence-corrected chi connectivity index (χ1v) is 28.6. The molecule has 0 radical (unpaired) electrons. The molecule has 11 N–H and O–H groups in total. The molecule has 2 fully saturated rings. The molecule has 0 aliphatic carbocycles. The molecule has 0 saturated carbocycles. The second-order valence-corrected chi connectivity index (χ2v) is 23.8. The van der Waals surface area contributed by atoms with Crippen LogP contribution in [0, 0.1) is 0 Å². The van der Waals surface area contributed by atoms with E-state index in [0.717, 1.165) is 0 Å². The first-order chi connectivity index (χ1) is 37.0. The van der Waals surface area contributed by atoms with Gasteiger partial charge in [0.2, 0.25) is 11.3 Å². The van der Waals surface area contributed by atoms with Crippen molar-refractivity contribution in [1.29, 1.82) is 0 Å². The minimum Gasteiger partial charge on any atom is -0.462 e. The average molecular weight is 1210 g/mol. The lowest BCUT2D eigenvalue weighted by Crippen LogP contribution is -2.44. The monoisotopic (exact) mass is 1210 g/mol. The number of benzene rings is 2. The van der Waals surface area contributed by atoms with Gasteiger partial charge in [0.15, 0.2) is 35.5 Å². The fraction of sp³-hybridized carbons (Fsp3) is 0.500.